The molecule has 1 amide bonds. The molecule has 1 aliphatic rings. The Balaban J connectivity index is 1.60. The van der Waals surface area contributed by atoms with Gasteiger partial charge in [0.05, 0.1) is 22.9 Å². The third-order valence-electron chi connectivity index (χ3n) is 5.51. The molecule has 2 aromatic heterocycles. The first kappa shape index (κ1) is 21.1. The molecule has 3 aromatic rings. The van der Waals surface area contributed by atoms with Crippen LogP contribution in [-0.4, -0.2) is 31.6 Å². The summed E-state index contributed by atoms with van der Waals surface area (Å²) in [5, 5.41) is 4.39. The van der Waals surface area contributed by atoms with Crippen LogP contribution in [-0.2, 0) is 6.18 Å². The van der Waals surface area contributed by atoms with Crippen molar-refractivity contribution in [3.63, 3.8) is 0 Å². The monoisotopic (exact) mass is 428 g/mol. The van der Waals surface area contributed by atoms with E-state index in [-0.39, 0.29) is 11.9 Å². The summed E-state index contributed by atoms with van der Waals surface area (Å²) in [6, 6.07) is 10.1. The van der Waals surface area contributed by atoms with Crippen molar-refractivity contribution in [2.75, 3.05) is 0 Å². The molecule has 2 heterocycles. The van der Waals surface area contributed by atoms with Gasteiger partial charge in [0.1, 0.15) is 0 Å². The van der Waals surface area contributed by atoms with Crippen molar-refractivity contribution in [3.8, 4) is 5.82 Å². The molecule has 5 nitrogen and oxygen atoms in total. The van der Waals surface area contributed by atoms with Crippen molar-refractivity contribution >= 4 is 5.91 Å². The number of amides is 1. The standard InChI is InChI=1S/C23H23F3N4O/c1-14-11-15(2)30(28-14)21-10-7-18(13-27-21)22(31)29(20-8-9-20)16(3)17-5-4-6-19(12-17)23(24,25)26/h4-7,10-13,16,20H,8-9H2,1-3H3. The first-order valence-electron chi connectivity index (χ1n) is 10.1. The van der Waals surface area contributed by atoms with E-state index in [2.05, 4.69) is 10.1 Å². The Labute approximate surface area is 178 Å². The maximum Gasteiger partial charge on any atom is 0.416 e. The normalized spacial score (nSPS) is 15.0. The van der Waals surface area contributed by atoms with E-state index in [1.54, 1.807) is 34.7 Å². The van der Waals surface area contributed by atoms with Crippen molar-refractivity contribution in [1.29, 1.82) is 0 Å². The molecule has 162 valence electrons. The summed E-state index contributed by atoms with van der Waals surface area (Å²) >= 11 is 0. The fraction of sp³-hybridized carbons (Fsp3) is 0.348. The van der Waals surface area contributed by atoms with Crippen LogP contribution in [0.4, 0.5) is 13.2 Å². The predicted octanol–water partition coefficient (Wildman–Crippen LogP) is 5.27. The van der Waals surface area contributed by atoms with Crippen molar-refractivity contribution in [2.45, 2.75) is 51.9 Å². The van der Waals surface area contributed by atoms with E-state index >= 15 is 0 Å². The van der Waals surface area contributed by atoms with Gasteiger partial charge in [-0.25, -0.2) is 9.67 Å². The lowest BCUT2D eigenvalue weighted by Gasteiger charge is -2.30. The summed E-state index contributed by atoms with van der Waals surface area (Å²) < 4.78 is 41.1. The number of hydrogen-bond donors (Lipinski definition) is 0. The van der Waals surface area contributed by atoms with E-state index in [4.69, 9.17) is 0 Å². The van der Waals surface area contributed by atoms with Gasteiger partial charge in [-0.2, -0.15) is 18.3 Å². The molecule has 0 spiro atoms. The van der Waals surface area contributed by atoms with Gasteiger partial charge in [-0.15, -0.1) is 0 Å². The number of carbonyl (C=O) groups is 1. The Morgan fingerprint density at radius 2 is 1.90 bits per heavy atom. The number of carbonyl (C=O) groups excluding carboxylic acids is 1. The number of rotatable bonds is 5. The number of pyridine rings is 1. The minimum atomic E-state index is -4.42. The molecular formula is C23H23F3N4O. The molecule has 1 aliphatic carbocycles. The van der Waals surface area contributed by atoms with Crippen LogP contribution in [0, 0.1) is 13.8 Å². The lowest BCUT2D eigenvalue weighted by atomic mass is 10.0. The summed E-state index contributed by atoms with van der Waals surface area (Å²) in [6.07, 6.45) is -1.24. The second kappa shape index (κ2) is 7.83. The molecular weight excluding hydrogens is 405 g/mol. The lowest BCUT2D eigenvalue weighted by molar-refractivity contribution is -0.137. The van der Waals surface area contributed by atoms with Gasteiger partial charge in [-0.1, -0.05) is 12.1 Å². The first-order chi connectivity index (χ1) is 14.6. The highest BCUT2D eigenvalue weighted by Gasteiger charge is 2.38. The van der Waals surface area contributed by atoms with Gasteiger partial charge in [0, 0.05) is 17.9 Å². The third-order valence-corrected chi connectivity index (χ3v) is 5.51. The number of nitrogens with zero attached hydrogens (tertiary/aromatic N) is 4. The highest BCUT2D eigenvalue weighted by Crippen LogP contribution is 2.37. The molecule has 0 bridgehead atoms. The summed E-state index contributed by atoms with van der Waals surface area (Å²) in [5.74, 6) is 0.367. The lowest BCUT2D eigenvalue weighted by Crippen LogP contribution is -2.35. The van der Waals surface area contributed by atoms with Crippen LogP contribution in [0.5, 0.6) is 0 Å². The molecule has 1 atom stereocenters. The van der Waals surface area contributed by atoms with E-state index in [9.17, 15) is 18.0 Å². The molecule has 0 aliphatic heterocycles. The third kappa shape index (κ3) is 4.33. The van der Waals surface area contributed by atoms with Gasteiger partial charge < -0.3 is 4.90 Å². The number of aromatic nitrogens is 3. The number of alkyl halides is 3. The largest absolute Gasteiger partial charge is 0.416 e. The molecule has 0 radical (unpaired) electrons. The van der Waals surface area contributed by atoms with E-state index in [1.165, 1.54) is 12.3 Å². The quantitative estimate of drug-likeness (QED) is 0.556. The zero-order chi connectivity index (χ0) is 22.3. The summed E-state index contributed by atoms with van der Waals surface area (Å²) in [5.41, 5.74) is 1.95. The van der Waals surface area contributed by atoms with Crippen LogP contribution in [0.3, 0.4) is 0 Å². The van der Waals surface area contributed by atoms with E-state index in [0.717, 1.165) is 36.4 Å². The second-order valence-corrected chi connectivity index (χ2v) is 7.99. The van der Waals surface area contributed by atoms with Crippen LogP contribution >= 0.6 is 0 Å². The molecule has 1 aromatic carbocycles. The van der Waals surface area contributed by atoms with Crippen molar-refractivity contribution in [3.05, 3.63) is 76.7 Å². The summed E-state index contributed by atoms with van der Waals surface area (Å²) in [4.78, 5) is 19.3. The molecule has 0 saturated heterocycles. The van der Waals surface area contributed by atoms with Gasteiger partial charge >= 0.3 is 6.18 Å². The van der Waals surface area contributed by atoms with Crippen LogP contribution < -0.4 is 0 Å². The SMILES string of the molecule is Cc1cc(C)n(-c2ccc(C(=O)N(C3CC3)C(C)c3cccc(C(F)(F)F)c3)cn2)n1. The molecule has 1 saturated carbocycles. The van der Waals surface area contributed by atoms with E-state index in [1.807, 2.05) is 19.9 Å². The fourth-order valence-corrected chi connectivity index (χ4v) is 3.79. The zero-order valence-corrected chi connectivity index (χ0v) is 17.5. The Hall–Kier alpha value is -3.16. The molecule has 0 N–H and O–H groups in total. The zero-order valence-electron chi connectivity index (χ0n) is 17.5. The maximum atomic E-state index is 13.3. The smallest absolute Gasteiger partial charge is 0.329 e. The summed E-state index contributed by atoms with van der Waals surface area (Å²) in [6.45, 7) is 5.58. The van der Waals surface area contributed by atoms with Crippen LogP contribution in [0.25, 0.3) is 5.82 Å². The number of aryl methyl sites for hydroxylation is 2. The highest BCUT2D eigenvalue weighted by atomic mass is 19.4. The first-order valence-corrected chi connectivity index (χ1v) is 10.1. The number of benzene rings is 1. The average molecular weight is 428 g/mol. The van der Waals surface area contributed by atoms with Gasteiger partial charge in [0.15, 0.2) is 5.82 Å². The Bertz CT molecular complexity index is 1100. The van der Waals surface area contributed by atoms with E-state index < -0.39 is 17.8 Å². The van der Waals surface area contributed by atoms with Gasteiger partial charge in [0.2, 0.25) is 0 Å². The molecule has 1 fully saturated rings. The van der Waals surface area contributed by atoms with E-state index in [0.29, 0.717) is 16.9 Å². The van der Waals surface area contributed by atoms with Crippen molar-refractivity contribution in [1.82, 2.24) is 19.7 Å². The van der Waals surface area contributed by atoms with Gasteiger partial charge in [0.25, 0.3) is 5.91 Å². The Morgan fingerprint density at radius 1 is 1.16 bits per heavy atom. The van der Waals surface area contributed by atoms with Gasteiger partial charge in [-0.3, -0.25) is 4.79 Å². The predicted molar refractivity (Wildman–Crippen MR) is 110 cm³/mol. The fourth-order valence-electron chi connectivity index (χ4n) is 3.79. The average Bonchev–Trinajstić information content (AvgIpc) is 3.50. The van der Waals surface area contributed by atoms with Crippen LogP contribution in [0.2, 0.25) is 0 Å². The van der Waals surface area contributed by atoms with Crippen LogP contribution in [0.15, 0.2) is 48.7 Å². The maximum absolute atomic E-state index is 13.3. The minimum absolute atomic E-state index is 0.0210. The Kier molecular flexibility index (Phi) is 5.33. The minimum Gasteiger partial charge on any atom is -0.329 e. The summed E-state index contributed by atoms with van der Waals surface area (Å²) in [7, 11) is 0. The number of halogens is 3. The molecule has 8 heteroatoms. The van der Waals surface area contributed by atoms with Crippen molar-refractivity contribution in [2.24, 2.45) is 0 Å². The molecule has 4 rings (SSSR count). The molecule has 1 unspecified atom stereocenters. The van der Waals surface area contributed by atoms with Gasteiger partial charge in [-0.05, 0) is 69.5 Å². The Morgan fingerprint density at radius 3 is 2.45 bits per heavy atom. The number of hydrogen-bond acceptors (Lipinski definition) is 3. The molecule has 31 heavy (non-hydrogen) atoms. The van der Waals surface area contributed by atoms with Crippen LogP contribution in [0.1, 0.15) is 58.7 Å². The second-order valence-electron chi connectivity index (χ2n) is 7.99. The topological polar surface area (TPSA) is 51.0 Å². The highest BCUT2D eigenvalue weighted by molar-refractivity contribution is 5.94. The van der Waals surface area contributed by atoms with Crippen molar-refractivity contribution < 1.29 is 18.0 Å².